The van der Waals surface area contributed by atoms with Crippen LogP contribution in [0.2, 0.25) is 0 Å². The molecule has 2 nitrogen and oxygen atoms in total. The molecule has 0 atom stereocenters. The molecule has 0 N–H and O–H groups in total. The summed E-state index contributed by atoms with van der Waals surface area (Å²) >= 11 is 0. The van der Waals surface area contributed by atoms with Crippen molar-refractivity contribution in [1.29, 1.82) is 0 Å². The fraction of sp³-hybridized carbons (Fsp3) is 0. The molecule has 11 heavy (non-hydrogen) atoms. The van der Waals surface area contributed by atoms with E-state index in [2.05, 4.69) is 6.42 Å². The first-order valence-electron chi connectivity index (χ1n) is 3.24. The average Bonchev–Trinajstić information content (AvgIpc) is 2.30. The maximum Gasteiger partial charge on any atom is 0.180 e. The minimum Gasteiger partial charge on any atom is -0.293 e. The van der Waals surface area contributed by atoms with Crippen LogP contribution in [0.25, 0.3) is 0 Å². The van der Waals surface area contributed by atoms with Crippen LogP contribution in [0.5, 0.6) is 0 Å². The quantitative estimate of drug-likeness (QED) is 0.547. The van der Waals surface area contributed by atoms with E-state index in [0.717, 1.165) is 0 Å². The summed E-state index contributed by atoms with van der Waals surface area (Å²) in [6.45, 7) is 0. The summed E-state index contributed by atoms with van der Waals surface area (Å²) in [6.07, 6.45) is 2.20. The predicted molar refractivity (Wildman–Crippen MR) is 38.3 cm³/mol. The monoisotopic (exact) mass is 144 g/mol. The van der Waals surface area contributed by atoms with E-state index in [0.29, 0.717) is 11.1 Å². The van der Waals surface area contributed by atoms with E-state index in [9.17, 15) is 9.59 Å². The zero-order valence-electron chi connectivity index (χ0n) is 5.63. The number of carbonyl (C=O) groups excluding carboxylic acids is 2. The molecule has 0 saturated heterocycles. The van der Waals surface area contributed by atoms with Crippen LogP contribution in [0.15, 0.2) is 24.3 Å². The number of benzene rings is 1. The lowest BCUT2D eigenvalue weighted by Crippen LogP contribution is -1.92. The Morgan fingerprint density at radius 2 is 1.36 bits per heavy atom. The van der Waals surface area contributed by atoms with Crippen LogP contribution in [0.1, 0.15) is 20.7 Å². The van der Waals surface area contributed by atoms with E-state index in [-0.39, 0.29) is 11.6 Å². The van der Waals surface area contributed by atoms with Gasteiger partial charge in [0.25, 0.3) is 0 Å². The normalized spacial score (nSPS) is 15.3. The fourth-order valence-electron chi connectivity index (χ4n) is 1.12. The highest BCUT2D eigenvalue weighted by molar-refractivity contribution is 6.32. The molecule has 0 amide bonds. The molecule has 1 aromatic rings. The Labute approximate surface area is 63.8 Å². The summed E-state index contributed by atoms with van der Waals surface area (Å²) in [5.74, 6) is -0.601. The van der Waals surface area contributed by atoms with Gasteiger partial charge in [0.15, 0.2) is 11.6 Å². The van der Waals surface area contributed by atoms with Crippen LogP contribution in [-0.4, -0.2) is 11.6 Å². The van der Waals surface area contributed by atoms with Gasteiger partial charge in [-0.25, -0.2) is 0 Å². The van der Waals surface area contributed by atoms with Crippen molar-refractivity contribution in [3.8, 4) is 0 Å². The lowest BCUT2D eigenvalue weighted by Gasteiger charge is -1.90. The Morgan fingerprint density at radius 3 is 1.82 bits per heavy atom. The molecule has 0 aromatic heterocycles. The van der Waals surface area contributed by atoms with Crippen LogP contribution in [0.4, 0.5) is 0 Å². The summed E-state index contributed by atoms with van der Waals surface area (Å²) in [5, 5.41) is 0. The number of fused-ring (bicyclic) bond motifs is 1. The van der Waals surface area contributed by atoms with Crippen molar-refractivity contribution in [2.75, 3.05) is 0 Å². The molecular weight excluding hydrogens is 140 g/mol. The van der Waals surface area contributed by atoms with Crippen molar-refractivity contribution in [3.05, 3.63) is 41.8 Å². The average molecular weight is 144 g/mol. The molecule has 1 aromatic carbocycles. The second-order valence-electron chi connectivity index (χ2n) is 2.33. The summed E-state index contributed by atoms with van der Waals surface area (Å²) in [6, 6.07) is 6.74. The van der Waals surface area contributed by atoms with Gasteiger partial charge in [-0.15, -0.1) is 0 Å². The SMILES string of the molecule is O=C1[C]C(=O)c2ccccc21. The van der Waals surface area contributed by atoms with Crippen molar-refractivity contribution in [3.63, 3.8) is 0 Å². The van der Waals surface area contributed by atoms with Gasteiger partial charge < -0.3 is 0 Å². The lowest BCUT2D eigenvalue weighted by molar-refractivity contribution is 0.0983. The summed E-state index contributed by atoms with van der Waals surface area (Å²) in [4.78, 5) is 21.9. The molecule has 0 saturated carbocycles. The fourth-order valence-corrected chi connectivity index (χ4v) is 1.12. The van der Waals surface area contributed by atoms with E-state index < -0.39 is 0 Å². The molecule has 0 bridgehead atoms. The Kier molecular flexibility index (Phi) is 1.15. The molecule has 0 unspecified atom stereocenters. The van der Waals surface area contributed by atoms with E-state index in [1.807, 2.05) is 0 Å². The summed E-state index contributed by atoms with van der Waals surface area (Å²) in [5.41, 5.74) is 0.940. The topological polar surface area (TPSA) is 34.1 Å². The number of hydrogen-bond donors (Lipinski definition) is 0. The second kappa shape index (κ2) is 2.02. The number of carbonyl (C=O) groups is 2. The lowest BCUT2D eigenvalue weighted by atomic mass is 10.1. The third-order valence-corrected chi connectivity index (χ3v) is 1.64. The first kappa shape index (κ1) is 6.28. The van der Waals surface area contributed by atoms with Gasteiger partial charge in [-0.05, 0) is 0 Å². The van der Waals surface area contributed by atoms with E-state index in [1.165, 1.54) is 0 Å². The third-order valence-electron chi connectivity index (χ3n) is 1.64. The number of Topliss-reactive ketones (excluding diaryl/α,β-unsaturated/α-hetero) is 2. The van der Waals surface area contributed by atoms with Crippen LogP contribution < -0.4 is 0 Å². The molecule has 0 spiro atoms. The Hall–Kier alpha value is -1.44. The highest BCUT2D eigenvalue weighted by Crippen LogP contribution is 2.19. The highest BCUT2D eigenvalue weighted by Gasteiger charge is 2.27. The van der Waals surface area contributed by atoms with Crippen molar-refractivity contribution in [2.45, 2.75) is 0 Å². The van der Waals surface area contributed by atoms with E-state index in [1.54, 1.807) is 24.3 Å². The minimum absolute atomic E-state index is 0.300. The van der Waals surface area contributed by atoms with Crippen molar-refractivity contribution >= 4 is 11.6 Å². The third kappa shape index (κ3) is 0.792. The van der Waals surface area contributed by atoms with Gasteiger partial charge >= 0.3 is 0 Å². The van der Waals surface area contributed by atoms with Gasteiger partial charge in [-0.2, -0.15) is 0 Å². The summed E-state index contributed by atoms with van der Waals surface area (Å²) < 4.78 is 0. The molecule has 2 rings (SSSR count). The number of hydrogen-bond acceptors (Lipinski definition) is 2. The van der Waals surface area contributed by atoms with E-state index >= 15 is 0 Å². The zero-order chi connectivity index (χ0) is 7.84. The molecule has 0 fully saturated rings. The maximum atomic E-state index is 10.9. The standard InChI is InChI=1S/C9H4O2/c10-8-5-9(11)7-4-2-1-3-6(7)8/h1-4H. The molecular formula is C9H4O2. The Balaban J connectivity index is 2.69. The van der Waals surface area contributed by atoms with Gasteiger partial charge in [0.1, 0.15) is 6.42 Å². The predicted octanol–water partition coefficient (Wildman–Crippen LogP) is 1.15. The largest absolute Gasteiger partial charge is 0.293 e. The zero-order valence-corrected chi connectivity index (χ0v) is 5.63. The first-order chi connectivity index (χ1) is 5.29. The highest BCUT2D eigenvalue weighted by atomic mass is 16.2. The number of ketones is 2. The smallest absolute Gasteiger partial charge is 0.180 e. The maximum absolute atomic E-state index is 10.9. The van der Waals surface area contributed by atoms with Gasteiger partial charge in [0.2, 0.25) is 0 Å². The molecule has 2 heteroatoms. The van der Waals surface area contributed by atoms with Crippen LogP contribution >= 0.6 is 0 Å². The molecule has 2 radical (unpaired) electrons. The van der Waals surface area contributed by atoms with Gasteiger partial charge in [-0.3, -0.25) is 9.59 Å². The van der Waals surface area contributed by atoms with Crippen LogP contribution in [0, 0.1) is 6.42 Å². The van der Waals surface area contributed by atoms with Gasteiger partial charge in [0.05, 0.1) is 0 Å². The van der Waals surface area contributed by atoms with E-state index in [4.69, 9.17) is 0 Å². The second-order valence-corrected chi connectivity index (χ2v) is 2.33. The Bertz CT molecular complexity index is 306. The molecule has 0 heterocycles. The number of rotatable bonds is 0. The van der Waals surface area contributed by atoms with Crippen molar-refractivity contribution < 1.29 is 9.59 Å². The minimum atomic E-state index is -0.300. The molecule has 1 aliphatic rings. The van der Waals surface area contributed by atoms with Crippen molar-refractivity contribution in [1.82, 2.24) is 0 Å². The first-order valence-corrected chi connectivity index (χ1v) is 3.24. The van der Waals surface area contributed by atoms with Crippen molar-refractivity contribution in [2.24, 2.45) is 0 Å². The molecule has 1 aliphatic carbocycles. The van der Waals surface area contributed by atoms with Crippen LogP contribution in [-0.2, 0) is 0 Å². The Morgan fingerprint density at radius 1 is 0.909 bits per heavy atom. The molecule has 0 aliphatic heterocycles. The summed E-state index contributed by atoms with van der Waals surface area (Å²) in [7, 11) is 0. The van der Waals surface area contributed by atoms with Gasteiger partial charge in [0, 0.05) is 11.1 Å². The van der Waals surface area contributed by atoms with Gasteiger partial charge in [-0.1, -0.05) is 24.3 Å². The van der Waals surface area contributed by atoms with Crippen LogP contribution in [0.3, 0.4) is 0 Å². The molecule has 52 valence electrons.